The van der Waals surface area contributed by atoms with Gasteiger partial charge in [-0.3, -0.25) is 19.2 Å². The summed E-state index contributed by atoms with van der Waals surface area (Å²) < 4.78 is 0. The summed E-state index contributed by atoms with van der Waals surface area (Å²) in [5.41, 5.74) is 7.99. The number of hydrogen-bond donors (Lipinski definition) is 4. The molecule has 0 radical (unpaired) electrons. The van der Waals surface area contributed by atoms with Gasteiger partial charge in [-0.2, -0.15) is 0 Å². The Bertz CT molecular complexity index is 1070. The summed E-state index contributed by atoms with van der Waals surface area (Å²) >= 11 is 0. The summed E-state index contributed by atoms with van der Waals surface area (Å²) in [5, 5.41) is 6.51. The summed E-state index contributed by atoms with van der Waals surface area (Å²) in [5.74, 6) is -1.51. The van der Waals surface area contributed by atoms with Crippen molar-refractivity contribution < 1.29 is 19.2 Å². The Hall–Kier alpha value is -3.16. The fourth-order valence-electron chi connectivity index (χ4n) is 4.42. The molecule has 0 saturated heterocycles. The van der Waals surface area contributed by atoms with E-state index in [1.807, 2.05) is 25.1 Å². The van der Waals surface area contributed by atoms with E-state index in [1.165, 1.54) is 12.5 Å². The number of amides is 3. The molecule has 2 unspecified atom stereocenters. The van der Waals surface area contributed by atoms with Gasteiger partial charge in [-0.05, 0) is 62.3 Å². The van der Waals surface area contributed by atoms with E-state index in [0.717, 1.165) is 43.0 Å². The van der Waals surface area contributed by atoms with Gasteiger partial charge in [0, 0.05) is 16.8 Å². The lowest BCUT2D eigenvalue weighted by Crippen LogP contribution is -2.53. The minimum atomic E-state index is -0.965. The molecule has 8 nitrogen and oxygen atoms in total. The highest BCUT2D eigenvalue weighted by molar-refractivity contribution is 6.00. The average Bonchev–Trinajstić information content (AvgIpc) is 3.54. The third-order valence-electron chi connectivity index (χ3n) is 6.89. The van der Waals surface area contributed by atoms with Crippen molar-refractivity contribution in [2.45, 2.75) is 84.2 Å². The molecule has 1 aromatic heterocycles. The normalized spacial score (nSPS) is 15.9. The monoisotopic (exact) mass is 482 g/mol. The minimum absolute atomic E-state index is 0.0215. The molecule has 190 valence electrons. The number of aromatic amines is 1. The molecule has 8 heteroatoms. The van der Waals surface area contributed by atoms with Crippen molar-refractivity contribution >= 4 is 34.4 Å². The van der Waals surface area contributed by atoms with Crippen LogP contribution in [-0.2, 0) is 20.8 Å². The van der Waals surface area contributed by atoms with Gasteiger partial charge in [0.05, 0.1) is 0 Å². The Morgan fingerprint density at radius 2 is 1.83 bits per heavy atom. The van der Waals surface area contributed by atoms with Crippen LogP contribution >= 0.6 is 0 Å². The molecule has 3 rings (SSSR count). The summed E-state index contributed by atoms with van der Waals surface area (Å²) in [6.45, 7) is 5.61. The van der Waals surface area contributed by atoms with E-state index in [0.29, 0.717) is 24.5 Å². The van der Waals surface area contributed by atoms with Gasteiger partial charge in [0.15, 0.2) is 0 Å². The lowest BCUT2D eigenvalue weighted by Gasteiger charge is -2.24. The summed E-state index contributed by atoms with van der Waals surface area (Å²) in [6.07, 6.45) is 6.01. The molecule has 1 fully saturated rings. The van der Waals surface area contributed by atoms with Crippen LogP contribution in [0.2, 0.25) is 0 Å². The Morgan fingerprint density at radius 1 is 1.09 bits per heavy atom. The Kier molecular flexibility index (Phi) is 9.07. The third kappa shape index (κ3) is 7.41. The number of benzene rings is 1. The van der Waals surface area contributed by atoms with Crippen molar-refractivity contribution in [2.75, 3.05) is 0 Å². The van der Waals surface area contributed by atoms with Gasteiger partial charge in [-0.25, -0.2) is 0 Å². The second-order valence-electron chi connectivity index (χ2n) is 9.81. The largest absolute Gasteiger partial charge is 0.368 e. The van der Waals surface area contributed by atoms with E-state index in [2.05, 4.69) is 22.5 Å². The van der Waals surface area contributed by atoms with Crippen LogP contribution in [0.5, 0.6) is 0 Å². The molecule has 3 atom stereocenters. The number of primary amides is 1. The van der Waals surface area contributed by atoms with Gasteiger partial charge in [0.1, 0.15) is 23.6 Å². The molecule has 1 saturated carbocycles. The molecule has 0 bridgehead atoms. The highest BCUT2D eigenvalue weighted by Gasteiger charge is 2.33. The predicted octanol–water partition coefficient (Wildman–Crippen LogP) is 3.38. The average molecular weight is 483 g/mol. The zero-order valence-electron chi connectivity index (χ0n) is 21.0. The van der Waals surface area contributed by atoms with Crippen LogP contribution in [0.1, 0.15) is 81.8 Å². The minimum Gasteiger partial charge on any atom is -0.368 e. The molecule has 3 amide bonds. The van der Waals surface area contributed by atoms with E-state index in [1.54, 1.807) is 6.07 Å². The molecule has 1 heterocycles. The number of carbonyl (C=O) groups is 4. The lowest BCUT2D eigenvalue weighted by atomic mass is 9.90. The molecule has 1 aliphatic carbocycles. The van der Waals surface area contributed by atoms with E-state index in [4.69, 9.17) is 5.73 Å². The van der Waals surface area contributed by atoms with Crippen LogP contribution in [0.15, 0.2) is 24.3 Å². The van der Waals surface area contributed by atoms with Gasteiger partial charge in [0.25, 0.3) is 5.91 Å². The number of fused-ring (bicyclic) bond motifs is 1. The quantitative estimate of drug-likeness (QED) is 0.328. The number of aryl methyl sites for hydroxylation is 1. The smallest absolute Gasteiger partial charge is 0.268 e. The molecular weight excluding hydrogens is 444 g/mol. The maximum absolute atomic E-state index is 13.2. The van der Waals surface area contributed by atoms with Crippen LogP contribution in [0.3, 0.4) is 0 Å². The number of rotatable bonds is 14. The van der Waals surface area contributed by atoms with Crippen LogP contribution in [-0.4, -0.2) is 40.6 Å². The molecule has 1 aromatic carbocycles. The Balaban J connectivity index is 1.71. The predicted molar refractivity (Wildman–Crippen MR) is 136 cm³/mol. The number of ketones is 1. The first-order valence-corrected chi connectivity index (χ1v) is 12.7. The first-order valence-electron chi connectivity index (χ1n) is 12.7. The molecule has 5 N–H and O–H groups in total. The number of Topliss-reactive ketones (excluding diaryl/α,β-unsaturated/α-hetero) is 1. The SMILES string of the molecule is CCCCC(CC(NC(=O)[C@H](CC1CC1)NC(=O)c1cc2cc(CC)ccc2[nH]1)C(N)=O)C(C)=O. The number of H-pyrrole nitrogens is 1. The van der Waals surface area contributed by atoms with Crippen molar-refractivity contribution in [1.82, 2.24) is 15.6 Å². The van der Waals surface area contributed by atoms with Gasteiger partial charge in [0.2, 0.25) is 11.8 Å². The van der Waals surface area contributed by atoms with Gasteiger partial charge < -0.3 is 21.4 Å². The first kappa shape index (κ1) is 26.4. The van der Waals surface area contributed by atoms with Crippen LogP contribution < -0.4 is 16.4 Å². The number of aromatic nitrogens is 1. The van der Waals surface area contributed by atoms with Crippen LogP contribution in [0.25, 0.3) is 10.9 Å². The number of carbonyl (C=O) groups excluding carboxylic acids is 4. The van der Waals surface area contributed by atoms with E-state index in [-0.39, 0.29) is 24.0 Å². The maximum atomic E-state index is 13.2. The summed E-state index contributed by atoms with van der Waals surface area (Å²) in [6, 6.07) is 6.03. The molecule has 35 heavy (non-hydrogen) atoms. The van der Waals surface area contributed by atoms with Gasteiger partial charge in [-0.15, -0.1) is 0 Å². The molecular formula is C27H38N4O4. The second-order valence-corrected chi connectivity index (χ2v) is 9.81. The zero-order chi connectivity index (χ0) is 25.5. The molecule has 0 aliphatic heterocycles. The number of nitrogens with two attached hydrogens (primary N) is 1. The van der Waals surface area contributed by atoms with Gasteiger partial charge >= 0.3 is 0 Å². The van der Waals surface area contributed by atoms with Crippen molar-refractivity contribution in [1.29, 1.82) is 0 Å². The highest BCUT2D eigenvalue weighted by atomic mass is 16.2. The van der Waals surface area contributed by atoms with Crippen LogP contribution in [0, 0.1) is 11.8 Å². The molecule has 1 aliphatic rings. The van der Waals surface area contributed by atoms with Crippen molar-refractivity contribution in [3.05, 3.63) is 35.5 Å². The van der Waals surface area contributed by atoms with Crippen molar-refractivity contribution in [3.8, 4) is 0 Å². The molecule has 2 aromatic rings. The standard InChI is InChI=1S/C27H38N4O4/c1-4-6-7-19(16(3)32)14-22(25(28)33)30-26(34)23(13-18-8-9-18)31-27(35)24-15-20-12-17(5-2)10-11-21(20)29-24/h10-12,15,18-19,22-23,29H,4-9,13-14H2,1-3H3,(H2,28,33)(H,30,34)(H,31,35)/t19?,22?,23-/m0/s1. The van der Waals surface area contributed by atoms with E-state index >= 15 is 0 Å². The van der Waals surface area contributed by atoms with Crippen molar-refractivity contribution in [3.63, 3.8) is 0 Å². The first-order chi connectivity index (χ1) is 16.7. The highest BCUT2D eigenvalue weighted by Crippen LogP contribution is 2.33. The fourth-order valence-corrected chi connectivity index (χ4v) is 4.42. The Labute approximate surface area is 206 Å². The summed E-state index contributed by atoms with van der Waals surface area (Å²) in [4.78, 5) is 53.5. The summed E-state index contributed by atoms with van der Waals surface area (Å²) in [7, 11) is 0. The second kappa shape index (κ2) is 12.0. The zero-order valence-corrected chi connectivity index (χ0v) is 21.0. The number of nitrogens with one attached hydrogen (secondary N) is 3. The number of unbranched alkanes of at least 4 members (excludes halogenated alkanes) is 1. The topological polar surface area (TPSA) is 134 Å². The lowest BCUT2D eigenvalue weighted by molar-refractivity contribution is -0.130. The van der Waals surface area contributed by atoms with Gasteiger partial charge in [-0.1, -0.05) is 45.6 Å². The Morgan fingerprint density at radius 3 is 2.43 bits per heavy atom. The van der Waals surface area contributed by atoms with E-state index in [9.17, 15) is 19.2 Å². The van der Waals surface area contributed by atoms with E-state index < -0.39 is 23.9 Å². The maximum Gasteiger partial charge on any atom is 0.268 e. The van der Waals surface area contributed by atoms with Crippen LogP contribution in [0.4, 0.5) is 0 Å². The van der Waals surface area contributed by atoms with Crippen molar-refractivity contribution in [2.24, 2.45) is 17.6 Å². The molecule has 0 spiro atoms. The number of hydrogen-bond acceptors (Lipinski definition) is 4. The third-order valence-corrected chi connectivity index (χ3v) is 6.89. The fraction of sp³-hybridized carbons (Fsp3) is 0.556.